The molecule has 0 aliphatic rings. The van der Waals surface area contributed by atoms with E-state index in [-0.39, 0.29) is 0 Å². The molecule has 19 heavy (non-hydrogen) atoms. The van der Waals surface area contributed by atoms with Crippen LogP contribution < -0.4 is 0 Å². The van der Waals surface area contributed by atoms with Crippen molar-refractivity contribution < 1.29 is 0 Å². The molecule has 2 aromatic rings. The van der Waals surface area contributed by atoms with Gasteiger partial charge >= 0.3 is 0 Å². The van der Waals surface area contributed by atoms with Crippen LogP contribution in [0.15, 0.2) is 53.0 Å². The number of benzene rings is 2. The lowest BCUT2D eigenvalue weighted by Crippen LogP contribution is -2.10. The summed E-state index contributed by atoms with van der Waals surface area (Å²) in [6.45, 7) is 0. The summed E-state index contributed by atoms with van der Waals surface area (Å²) < 4.78 is 2.51. The number of alkyl halides is 1. The Labute approximate surface area is 145 Å². The van der Waals surface area contributed by atoms with Crippen molar-refractivity contribution in [2.24, 2.45) is 5.92 Å². The van der Waals surface area contributed by atoms with E-state index in [9.17, 15) is 0 Å². The molecule has 0 radical (unpaired) electrons. The molecule has 0 amide bonds. The van der Waals surface area contributed by atoms with Crippen molar-refractivity contribution in [3.8, 4) is 0 Å². The summed E-state index contributed by atoms with van der Waals surface area (Å²) >= 11 is 9.63. The van der Waals surface area contributed by atoms with E-state index in [2.05, 4.69) is 103 Å². The van der Waals surface area contributed by atoms with Gasteiger partial charge < -0.3 is 0 Å². The molecule has 0 N–H and O–H groups in total. The smallest absolute Gasteiger partial charge is 0.0207 e. The number of hydrogen-bond donors (Lipinski definition) is 0. The number of hydrogen-bond acceptors (Lipinski definition) is 0. The molecule has 0 bridgehead atoms. The van der Waals surface area contributed by atoms with Gasteiger partial charge in [0.1, 0.15) is 0 Å². The van der Waals surface area contributed by atoms with Gasteiger partial charge in [-0.3, -0.25) is 0 Å². The first-order chi connectivity index (χ1) is 9.19. The zero-order valence-electron chi connectivity index (χ0n) is 10.5. The second kappa shape index (κ2) is 7.79. The number of halogens is 3. The molecule has 0 nitrogen and oxygen atoms in total. The molecule has 0 heterocycles. The fourth-order valence-electron chi connectivity index (χ4n) is 2.11. The molecule has 0 spiro atoms. The lowest BCUT2D eigenvalue weighted by molar-refractivity contribution is 0.590. The Bertz CT molecular complexity index is 523. The molecule has 3 heteroatoms. The first kappa shape index (κ1) is 15.5. The monoisotopic (exact) mass is 492 g/mol. The lowest BCUT2D eigenvalue weighted by Gasteiger charge is -2.15. The van der Waals surface area contributed by atoms with E-state index in [1.807, 2.05) is 0 Å². The Morgan fingerprint density at radius 2 is 1.63 bits per heavy atom. The lowest BCUT2D eigenvalue weighted by atomic mass is 9.94. The van der Waals surface area contributed by atoms with E-state index in [0.29, 0.717) is 5.92 Å². The normalized spacial score (nSPS) is 12.4. The highest BCUT2D eigenvalue weighted by Gasteiger charge is 2.11. The van der Waals surface area contributed by atoms with Crippen LogP contribution in [-0.2, 0) is 12.8 Å². The fourth-order valence-corrected chi connectivity index (χ4v) is 3.37. The minimum absolute atomic E-state index is 0.624. The van der Waals surface area contributed by atoms with Crippen LogP contribution in [0.4, 0.5) is 0 Å². The van der Waals surface area contributed by atoms with Crippen molar-refractivity contribution in [2.45, 2.75) is 12.8 Å². The van der Waals surface area contributed by atoms with Gasteiger partial charge in [0.2, 0.25) is 0 Å². The van der Waals surface area contributed by atoms with Crippen LogP contribution in [0.3, 0.4) is 0 Å². The van der Waals surface area contributed by atoms with Gasteiger partial charge in [-0.15, -0.1) is 0 Å². The van der Waals surface area contributed by atoms with Gasteiger partial charge in [0.05, 0.1) is 0 Å². The maximum atomic E-state index is 3.65. The summed E-state index contributed by atoms with van der Waals surface area (Å²) in [5.74, 6) is 0.624. The maximum absolute atomic E-state index is 3.65. The van der Waals surface area contributed by atoms with Gasteiger partial charge in [-0.05, 0) is 70.7 Å². The Morgan fingerprint density at radius 3 is 2.26 bits per heavy atom. The zero-order valence-corrected chi connectivity index (χ0v) is 15.8. The quantitative estimate of drug-likeness (QED) is 0.362. The molecule has 0 saturated carbocycles. The summed E-state index contributed by atoms with van der Waals surface area (Å²) in [4.78, 5) is 0. The Morgan fingerprint density at radius 1 is 0.947 bits per heavy atom. The molecule has 0 saturated heterocycles. The Balaban J connectivity index is 2.05. The number of rotatable bonds is 5. The average molecular weight is 494 g/mol. The molecule has 2 rings (SSSR count). The largest absolute Gasteiger partial charge is 0.0925 e. The predicted molar refractivity (Wildman–Crippen MR) is 98.0 cm³/mol. The van der Waals surface area contributed by atoms with Crippen molar-refractivity contribution >= 4 is 54.5 Å². The second-order valence-electron chi connectivity index (χ2n) is 4.65. The summed E-state index contributed by atoms with van der Waals surface area (Å²) in [7, 11) is 0. The molecule has 1 atom stereocenters. The highest BCUT2D eigenvalue weighted by molar-refractivity contribution is 14.1. The molecule has 100 valence electrons. The predicted octanol–water partition coefficient (Wildman–Crippen LogP) is 5.85. The summed E-state index contributed by atoms with van der Waals surface area (Å²) in [5, 5.41) is 1.03. The molecular formula is C16H15Br2I. The summed E-state index contributed by atoms with van der Waals surface area (Å²) in [5.41, 5.74) is 2.80. The van der Waals surface area contributed by atoms with E-state index in [0.717, 1.165) is 18.2 Å². The van der Waals surface area contributed by atoms with Crippen LogP contribution in [0.1, 0.15) is 11.1 Å². The third-order valence-corrected chi connectivity index (χ3v) is 5.53. The van der Waals surface area contributed by atoms with Crippen LogP contribution in [0.25, 0.3) is 0 Å². The van der Waals surface area contributed by atoms with Crippen LogP contribution in [0.5, 0.6) is 0 Å². The maximum Gasteiger partial charge on any atom is 0.0207 e. The van der Waals surface area contributed by atoms with Crippen LogP contribution in [0, 0.1) is 9.49 Å². The van der Waals surface area contributed by atoms with E-state index in [4.69, 9.17) is 0 Å². The molecule has 2 aromatic carbocycles. The third-order valence-electron chi connectivity index (χ3n) is 3.12. The minimum atomic E-state index is 0.624. The second-order valence-corrected chi connectivity index (χ2v) is 7.39. The van der Waals surface area contributed by atoms with Crippen LogP contribution >= 0.6 is 54.5 Å². The topological polar surface area (TPSA) is 0 Å². The summed E-state index contributed by atoms with van der Waals surface area (Å²) in [6.07, 6.45) is 2.21. The highest BCUT2D eigenvalue weighted by atomic mass is 127. The highest BCUT2D eigenvalue weighted by Crippen LogP contribution is 2.23. The third kappa shape index (κ3) is 4.87. The fraction of sp³-hybridized carbons (Fsp3) is 0.250. The van der Waals surface area contributed by atoms with Gasteiger partial charge in [0, 0.05) is 13.4 Å². The van der Waals surface area contributed by atoms with E-state index < -0.39 is 0 Å². The molecule has 0 fully saturated rings. The van der Waals surface area contributed by atoms with Crippen molar-refractivity contribution in [1.29, 1.82) is 0 Å². The Kier molecular flexibility index (Phi) is 6.36. The van der Waals surface area contributed by atoms with Crippen molar-refractivity contribution in [1.82, 2.24) is 0 Å². The minimum Gasteiger partial charge on any atom is -0.0925 e. The van der Waals surface area contributed by atoms with Gasteiger partial charge in [0.15, 0.2) is 0 Å². The van der Waals surface area contributed by atoms with E-state index >= 15 is 0 Å². The Hall–Kier alpha value is 0.130. The van der Waals surface area contributed by atoms with Crippen molar-refractivity contribution in [2.75, 3.05) is 5.33 Å². The van der Waals surface area contributed by atoms with E-state index in [1.165, 1.54) is 19.2 Å². The standard InChI is InChI=1S/C16H15Br2I/c17-11-13(9-12-5-7-15(19)8-6-12)10-14-3-1-2-4-16(14)18/h1-8,13H,9-11H2. The first-order valence-electron chi connectivity index (χ1n) is 6.23. The van der Waals surface area contributed by atoms with Gasteiger partial charge in [-0.1, -0.05) is 62.2 Å². The van der Waals surface area contributed by atoms with Gasteiger partial charge in [-0.2, -0.15) is 0 Å². The summed E-state index contributed by atoms with van der Waals surface area (Å²) in [6, 6.07) is 17.3. The zero-order chi connectivity index (χ0) is 13.7. The molecule has 0 aromatic heterocycles. The molecular weight excluding hydrogens is 479 g/mol. The first-order valence-corrected chi connectivity index (χ1v) is 9.22. The van der Waals surface area contributed by atoms with Crippen LogP contribution in [-0.4, -0.2) is 5.33 Å². The van der Waals surface area contributed by atoms with Gasteiger partial charge in [-0.25, -0.2) is 0 Å². The molecule has 1 unspecified atom stereocenters. The van der Waals surface area contributed by atoms with Crippen LogP contribution in [0.2, 0.25) is 0 Å². The van der Waals surface area contributed by atoms with Gasteiger partial charge in [0.25, 0.3) is 0 Å². The van der Waals surface area contributed by atoms with Crippen molar-refractivity contribution in [3.05, 3.63) is 67.7 Å². The van der Waals surface area contributed by atoms with Crippen molar-refractivity contribution in [3.63, 3.8) is 0 Å². The van der Waals surface area contributed by atoms with E-state index in [1.54, 1.807) is 0 Å². The molecule has 0 aliphatic heterocycles. The SMILES string of the molecule is BrCC(Cc1ccc(I)cc1)Cc1ccccc1Br. The average Bonchev–Trinajstić information content (AvgIpc) is 2.43. The molecule has 0 aliphatic carbocycles.